The minimum absolute atomic E-state index is 0.000967. The van der Waals surface area contributed by atoms with Crippen LogP contribution in [0.4, 0.5) is 4.39 Å². The van der Waals surface area contributed by atoms with Crippen molar-refractivity contribution in [2.45, 2.75) is 23.9 Å². The van der Waals surface area contributed by atoms with Crippen molar-refractivity contribution < 1.29 is 12.8 Å². The van der Waals surface area contributed by atoms with Crippen molar-refractivity contribution in [1.29, 1.82) is 0 Å². The molecule has 0 bridgehead atoms. The van der Waals surface area contributed by atoms with Gasteiger partial charge in [0.15, 0.2) is 5.82 Å². The molecule has 0 aromatic carbocycles. The van der Waals surface area contributed by atoms with Gasteiger partial charge in [-0.05, 0) is 25.0 Å². The summed E-state index contributed by atoms with van der Waals surface area (Å²) in [5.74, 6) is -0.798. The summed E-state index contributed by atoms with van der Waals surface area (Å²) in [5, 5.41) is 0.0461. The fourth-order valence-electron chi connectivity index (χ4n) is 1.62. The van der Waals surface area contributed by atoms with Crippen LogP contribution in [0, 0.1) is 5.82 Å². The molecular weight excluding hydrogens is 311 g/mol. The second-order valence-corrected chi connectivity index (χ2v) is 6.43. The molecule has 1 heterocycles. The van der Waals surface area contributed by atoms with Crippen LogP contribution in [0.5, 0.6) is 0 Å². The first-order chi connectivity index (χ1) is 8.07. The monoisotopic (exact) mass is 322 g/mol. The van der Waals surface area contributed by atoms with Crippen molar-refractivity contribution >= 4 is 26.0 Å². The zero-order valence-corrected chi connectivity index (χ0v) is 11.4. The van der Waals surface area contributed by atoms with Crippen molar-refractivity contribution in [3.05, 3.63) is 24.1 Å². The molecule has 2 rings (SSSR count). The minimum Gasteiger partial charge on any atom is -0.241 e. The summed E-state index contributed by atoms with van der Waals surface area (Å²) in [5.41, 5.74) is 0. The molecule has 1 fully saturated rings. The Bertz CT molecular complexity index is 505. The number of sulfonamides is 1. The van der Waals surface area contributed by atoms with Crippen LogP contribution in [0.3, 0.4) is 0 Å². The van der Waals surface area contributed by atoms with E-state index in [1.54, 1.807) is 0 Å². The molecule has 7 heteroatoms. The third-order valence-electron chi connectivity index (χ3n) is 2.54. The van der Waals surface area contributed by atoms with E-state index >= 15 is 0 Å². The molecule has 0 atom stereocenters. The van der Waals surface area contributed by atoms with E-state index in [0.717, 1.165) is 18.9 Å². The largest absolute Gasteiger partial charge is 0.263 e. The molecule has 0 spiro atoms. The molecule has 0 aliphatic heterocycles. The molecule has 94 valence electrons. The summed E-state index contributed by atoms with van der Waals surface area (Å²) in [6, 6.07) is 2.48. The highest BCUT2D eigenvalue weighted by atomic mass is 79.9. The molecule has 0 N–H and O–H groups in total. The highest BCUT2D eigenvalue weighted by molar-refractivity contribution is 9.09. The average Bonchev–Trinajstić information content (AvgIpc) is 3.10. The highest BCUT2D eigenvalue weighted by Crippen LogP contribution is 2.31. The minimum atomic E-state index is -3.81. The van der Waals surface area contributed by atoms with Crippen LogP contribution < -0.4 is 0 Å². The van der Waals surface area contributed by atoms with E-state index in [9.17, 15) is 12.8 Å². The first kappa shape index (κ1) is 12.9. The summed E-state index contributed by atoms with van der Waals surface area (Å²) >= 11 is 3.21. The summed E-state index contributed by atoms with van der Waals surface area (Å²) in [6.07, 6.45) is 2.95. The molecule has 1 saturated carbocycles. The Kier molecular flexibility index (Phi) is 3.79. The Morgan fingerprint density at radius 2 is 2.24 bits per heavy atom. The molecule has 0 unspecified atom stereocenters. The van der Waals surface area contributed by atoms with Gasteiger partial charge in [0.05, 0.1) is 0 Å². The topological polar surface area (TPSA) is 50.3 Å². The van der Waals surface area contributed by atoms with Crippen molar-refractivity contribution in [2.75, 3.05) is 11.9 Å². The number of rotatable bonds is 5. The van der Waals surface area contributed by atoms with E-state index in [2.05, 4.69) is 20.9 Å². The normalized spacial score (nSPS) is 16.4. The lowest BCUT2D eigenvalue weighted by atomic mass is 10.5. The predicted octanol–water partition coefficient (Wildman–Crippen LogP) is 1.77. The van der Waals surface area contributed by atoms with Crippen LogP contribution in [0.2, 0.25) is 0 Å². The molecular formula is C10H12BrFN2O2S. The molecule has 1 aromatic heterocycles. The van der Waals surface area contributed by atoms with Gasteiger partial charge in [0.1, 0.15) is 0 Å². The van der Waals surface area contributed by atoms with E-state index in [1.165, 1.54) is 16.6 Å². The van der Waals surface area contributed by atoms with E-state index in [1.807, 2.05) is 0 Å². The van der Waals surface area contributed by atoms with Crippen molar-refractivity contribution in [2.24, 2.45) is 0 Å². The number of nitrogens with zero attached hydrogens (tertiary/aromatic N) is 2. The molecule has 0 amide bonds. The summed E-state index contributed by atoms with van der Waals surface area (Å²) in [6.45, 7) is 0.336. The van der Waals surface area contributed by atoms with Gasteiger partial charge in [0.2, 0.25) is 5.03 Å². The van der Waals surface area contributed by atoms with Crippen LogP contribution in [0.1, 0.15) is 12.8 Å². The summed E-state index contributed by atoms with van der Waals surface area (Å²) in [7, 11) is -3.81. The smallest absolute Gasteiger partial charge is 0.241 e. The third-order valence-corrected chi connectivity index (χ3v) is 4.78. The number of pyridine rings is 1. The lowest BCUT2D eigenvalue weighted by Crippen LogP contribution is -2.35. The van der Waals surface area contributed by atoms with Gasteiger partial charge in [-0.1, -0.05) is 15.9 Å². The molecule has 4 nitrogen and oxygen atoms in total. The highest BCUT2D eigenvalue weighted by Gasteiger charge is 2.39. The maximum absolute atomic E-state index is 13.5. The SMILES string of the molecule is O=S(=O)(c1ncccc1F)N(CCBr)C1CC1. The maximum atomic E-state index is 13.5. The Hall–Kier alpha value is -0.530. The molecule has 1 aromatic rings. The van der Waals surface area contributed by atoms with Gasteiger partial charge in [-0.15, -0.1) is 0 Å². The molecule has 0 saturated heterocycles. The molecule has 17 heavy (non-hydrogen) atoms. The number of hydrogen-bond donors (Lipinski definition) is 0. The van der Waals surface area contributed by atoms with Gasteiger partial charge in [-0.25, -0.2) is 17.8 Å². The van der Waals surface area contributed by atoms with Gasteiger partial charge >= 0.3 is 0 Å². The fraction of sp³-hybridized carbons (Fsp3) is 0.500. The summed E-state index contributed by atoms with van der Waals surface area (Å²) in [4.78, 5) is 3.64. The number of aromatic nitrogens is 1. The Balaban J connectivity index is 2.37. The third kappa shape index (κ3) is 2.66. The summed E-state index contributed by atoms with van der Waals surface area (Å²) < 4.78 is 39.3. The van der Waals surface area contributed by atoms with Crippen LogP contribution in [-0.4, -0.2) is 35.6 Å². The predicted molar refractivity (Wildman–Crippen MR) is 64.9 cm³/mol. The molecule has 0 radical (unpaired) electrons. The first-order valence-corrected chi connectivity index (χ1v) is 7.82. The Morgan fingerprint density at radius 3 is 2.76 bits per heavy atom. The lowest BCUT2D eigenvalue weighted by molar-refractivity contribution is 0.416. The zero-order valence-electron chi connectivity index (χ0n) is 9.01. The maximum Gasteiger partial charge on any atom is 0.263 e. The van der Waals surface area contributed by atoms with Crippen molar-refractivity contribution in [3.8, 4) is 0 Å². The van der Waals surface area contributed by atoms with Gasteiger partial charge < -0.3 is 0 Å². The standard InChI is InChI=1S/C10H12BrFN2O2S/c11-5-7-14(8-3-4-8)17(15,16)10-9(12)2-1-6-13-10/h1-2,6,8H,3-5,7H2. The van der Waals surface area contributed by atoms with Gasteiger partial charge in [0.25, 0.3) is 10.0 Å². The Labute approximate surface area is 108 Å². The Morgan fingerprint density at radius 1 is 1.53 bits per heavy atom. The van der Waals surface area contributed by atoms with Crippen LogP contribution in [-0.2, 0) is 10.0 Å². The van der Waals surface area contributed by atoms with Crippen LogP contribution >= 0.6 is 15.9 Å². The van der Waals surface area contributed by atoms with Gasteiger partial charge in [-0.2, -0.15) is 4.31 Å². The quantitative estimate of drug-likeness (QED) is 0.776. The van der Waals surface area contributed by atoms with Crippen molar-refractivity contribution in [1.82, 2.24) is 9.29 Å². The number of hydrogen-bond acceptors (Lipinski definition) is 3. The second kappa shape index (κ2) is 4.99. The molecule has 1 aliphatic carbocycles. The second-order valence-electron chi connectivity index (χ2n) is 3.83. The molecule has 1 aliphatic rings. The van der Waals surface area contributed by atoms with E-state index in [-0.39, 0.29) is 6.04 Å². The van der Waals surface area contributed by atoms with Gasteiger partial charge in [0, 0.05) is 24.1 Å². The number of alkyl halides is 1. The number of halogens is 2. The fourth-order valence-corrected chi connectivity index (χ4v) is 3.90. The van der Waals surface area contributed by atoms with Crippen molar-refractivity contribution in [3.63, 3.8) is 0 Å². The van der Waals surface area contributed by atoms with Crippen LogP contribution in [0.15, 0.2) is 23.4 Å². The lowest BCUT2D eigenvalue weighted by Gasteiger charge is -2.20. The van der Waals surface area contributed by atoms with E-state index in [0.29, 0.717) is 11.9 Å². The first-order valence-electron chi connectivity index (χ1n) is 5.25. The van der Waals surface area contributed by atoms with Crippen LogP contribution in [0.25, 0.3) is 0 Å². The van der Waals surface area contributed by atoms with E-state index in [4.69, 9.17) is 0 Å². The van der Waals surface area contributed by atoms with Gasteiger partial charge in [-0.3, -0.25) is 0 Å². The average molecular weight is 323 g/mol. The zero-order chi connectivity index (χ0) is 12.5. The van der Waals surface area contributed by atoms with E-state index < -0.39 is 20.9 Å².